The topological polar surface area (TPSA) is 80.0 Å². The molecular formula is C22H25NO5. The van der Waals surface area contributed by atoms with Crippen molar-refractivity contribution in [2.24, 2.45) is 5.92 Å². The zero-order valence-corrected chi connectivity index (χ0v) is 15.8. The quantitative estimate of drug-likeness (QED) is 0.878. The number of benzene rings is 1. The molecule has 2 aromatic rings. The van der Waals surface area contributed by atoms with E-state index in [1.807, 2.05) is 30.3 Å². The Balaban J connectivity index is 1.42. The molecule has 1 N–H and O–H groups in total. The number of amides is 1. The van der Waals surface area contributed by atoms with Crippen LogP contribution in [0.5, 0.6) is 5.75 Å². The van der Waals surface area contributed by atoms with Crippen LogP contribution in [0.2, 0.25) is 0 Å². The molecule has 2 heterocycles. The fraction of sp³-hybridized carbons (Fsp3) is 0.455. The molecule has 1 aliphatic carbocycles. The van der Waals surface area contributed by atoms with Crippen molar-refractivity contribution in [3.8, 4) is 5.75 Å². The van der Waals surface area contributed by atoms with Crippen molar-refractivity contribution in [1.29, 1.82) is 0 Å². The lowest BCUT2D eigenvalue weighted by Gasteiger charge is -2.47. The largest absolute Gasteiger partial charge is 0.482 e. The minimum atomic E-state index is -0.648. The highest BCUT2D eigenvalue weighted by atomic mass is 16.5. The molecule has 1 aliphatic heterocycles. The van der Waals surface area contributed by atoms with Crippen LogP contribution in [0, 0.1) is 5.92 Å². The van der Waals surface area contributed by atoms with E-state index in [0.717, 1.165) is 31.2 Å². The molecule has 6 nitrogen and oxygen atoms in total. The molecule has 1 amide bonds. The van der Waals surface area contributed by atoms with Crippen molar-refractivity contribution in [3.05, 3.63) is 64.2 Å². The van der Waals surface area contributed by atoms with E-state index in [9.17, 15) is 14.7 Å². The van der Waals surface area contributed by atoms with Crippen molar-refractivity contribution in [1.82, 2.24) is 4.90 Å². The van der Waals surface area contributed by atoms with Gasteiger partial charge in [-0.15, -0.1) is 0 Å². The molecule has 4 rings (SSSR count). The molecule has 1 aromatic carbocycles. The fourth-order valence-electron chi connectivity index (χ4n) is 4.26. The van der Waals surface area contributed by atoms with Gasteiger partial charge in [0.1, 0.15) is 12.9 Å². The number of piperidine rings is 1. The number of hydrogen-bond acceptors (Lipinski definition) is 5. The normalized spacial score (nSPS) is 24.5. The molecule has 0 spiro atoms. The SMILES string of the molecule is O=C(c1cc(=O)c(OCc2ccccc2)co1)N1CCC2(O)CCCCC2C1. The summed E-state index contributed by atoms with van der Waals surface area (Å²) in [5.41, 5.74) is -0.0857. The van der Waals surface area contributed by atoms with Crippen LogP contribution < -0.4 is 10.2 Å². The molecule has 0 bridgehead atoms. The maximum atomic E-state index is 12.8. The van der Waals surface area contributed by atoms with E-state index < -0.39 is 5.60 Å². The van der Waals surface area contributed by atoms with Crippen LogP contribution >= 0.6 is 0 Å². The molecule has 1 saturated carbocycles. The van der Waals surface area contributed by atoms with Gasteiger partial charge in [0.05, 0.1) is 5.60 Å². The first kappa shape index (κ1) is 18.7. The number of carbonyl (C=O) groups excluding carboxylic acids is 1. The summed E-state index contributed by atoms with van der Waals surface area (Å²) in [6, 6.07) is 10.7. The second-order valence-electron chi connectivity index (χ2n) is 7.79. The van der Waals surface area contributed by atoms with E-state index in [0.29, 0.717) is 19.5 Å². The smallest absolute Gasteiger partial charge is 0.289 e. The summed E-state index contributed by atoms with van der Waals surface area (Å²) in [5.74, 6) is -0.113. The van der Waals surface area contributed by atoms with Crippen molar-refractivity contribution >= 4 is 5.91 Å². The van der Waals surface area contributed by atoms with E-state index in [4.69, 9.17) is 9.15 Å². The zero-order valence-electron chi connectivity index (χ0n) is 15.8. The van der Waals surface area contributed by atoms with Crippen LogP contribution in [0.15, 0.2) is 51.9 Å². The maximum absolute atomic E-state index is 12.8. The zero-order chi connectivity index (χ0) is 19.6. The summed E-state index contributed by atoms with van der Waals surface area (Å²) in [4.78, 5) is 26.8. The van der Waals surface area contributed by atoms with Gasteiger partial charge >= 0.3 is 0 Å². The molecule has 1 saturated heterocycles. The Morgan fingerprint density at radius 3 is 2.86 bits per heavy atom. The fourth-order valence-corrected chi connectivity index (χ4v) is 4.26. The highest BCUT2D eigenvalue weighted by Crippen LogP contribution is 2.40. The number of fused-ring (bicyclic) bond motifs is 1. The number of ether oxygens (including phenoxy) is 1. The Hall–Kier alpha value is -2.60. The summed E-state index contributed by atoms with van der Waals surface area (Å²) in [7, 11) is 0. The van der Waals surface area contributed by atoms with Crippen LogP contribution in [0.3, 0.4) is 0 Å². The monoisotopic (exact) mass is 383 g/mol. The third kappa shape index (κ3) is 3.83. The van der Waals surface area contributed by atoms with Crippen LogP contribution in [-0.2, 0) is 6.61 Å². The summed E-state index contributed by atoms with van der Waals surface area (Å²) < 4.78 is 10.9. The number of likely N-dealkylation sites (tertiary alicyclic amines) is 1. The lowest BCUT2D eigenvalue weighted by Crippen LogP contribution is -2.54. The summed E-state index contributed by atoms with van der Waals surface area (Å²) >= 11 is 0. The Morgan fingerprint density at radius 2 is 2.07 bits per heavy atom. The van der Waals surface area contributed by atoms with Crippen molar-refractivity contribution in [3.63, 3.8) is 0 Å². The van der Waals surface area contributed by atoms with E-state index in [-0.39, 0.29) is 35.4 Å². The first-order valence-corrected chi connectivity index (χ1v) is 9.86. The summed E-state index contributed by atoms with van der Waals surface area (Å²) in [6.07, 6.45) is 5.64. The molecule has 28 heavy (non-hydrogen) atoms. The lowest BCUT2D eigenvalue weighted by atomic mass is 9.71. The van der Waals surface area contributed by atoms with E-state index >= 15 is 0 Å². The number of aliphatic hydroxyl groups is 1. The molecule has 2 aliphatic rings. The molecule has 148 valence electrons. The average Bonchev–Trinajstić information content (AvgIpc) is 2.72. The predicted octanol–water partition coefficient (Wildman–Crippen LogP) is 2.99. The van der Waals surface area contributed by atoms with Crippen molar-refractivity contribution < 1.29 is 19.1 Å². The number of rotatable bonds is 4. The van der Waals surface area contributed by atoms with E-state index in [1.54, 1.807) is 4.90 Å². The highest BCUT2D eigenvalue weighted by Gasteiger charge is 2.44. The first-order chi connectivity index (χ1) is 13.5. The van der Waals surface area contributed by atoms with Gasteiger partial charge in [-0.1, -0.05) is 43.2 Å². The van der Waals surface area contributed by atoms with Gasteiger partial charge in [0, 0.05) is 25.1 Å². The van der Waals surface area contributed by atoms with E-state index in [1.165, 1.54) is 12.3 Å². The summed E-state index contributed by atoms with van der Waals surface area (Å²) in [6.45, 7) is 1.23. The standard InChI is InChI=1S/C22H25NO5/c24-18-12-19(28-15-20(18)27-14-16-6-2-1-3-7-16)21(25)23-11-10-22(26)9-5-4-8-17(22)13-23/h1-3,6-7,12,15,17,26H,4-5,8-11,13-14H2. The second-order valence-corrected chi connectivity index (χ2v) is 7.79. The third-order valence-electron chi connectivity index (χ3n) is 5.96. The lowest BCUT2D eigenvalue weighted by molar-refractivity contribution is -0.0889. The van der Waals surface area contributed by atoms with Gasteiger partial charge in [-0.25, -0.2) is 0 Å². The van der Waals surface area contributed by atoms with Gasteiger partial charge in [0.15, 0.2) is 5.76 Å². The molecule has 0 radical (unpaired) electrons. The molecule has 1 aromatic heterocycles. The van der Waals surface area contributed by atoms with Gasteiger partial charge < -0.3 is 19.2 Å². The van der Waals surface area contributed by atoms with Gasteiger partial charge in [0.2, 0.25) is 11.2 Å². The Bertz CT molecular complexity index is 893. The Labute approximate surface area is 163 Å². The van der Waals surface area contributed by atoms with Crippen LogP contribution in [0.1, 0.15) is 48.2 Å². The predicted molar refractivity (Wildman–Crippen MR) is 103 cm³/mol. The molecule has 2 fully saturated rings. The van der Waals surface area contributed by atoms with Gasteiger partial charge in [-0.3, -0.25) is 9.59 Å². The van der Waals surface area contributed by atoms with Crippen LogP contribution in [-0.4, -0.2) is 34.6 Å². The van der Waals surface area contributed by atoms with Crippen LogP contribution in [0.25, 0.3) is 0 Å². The highest BCUT2D eigenvalue weighted by molar-refractivity contribution is 5.91. The maximum Gasteiger partial charge on any atom is 0.289 e. The summed E-state index contributed by atoms with van der Waals surface area (Å²) in [5, 5.41) is 10.8. The van der Waals surface area contributed by atoms with Gasteiger partial charge in [-0.05, 0) is 24.8 Å². The average molecular weight is 383 g/mol. The molecule has 2 unspecified atom stereocenters. The second kappa shape index (κ2) is 7.80. The number of nitrogens with zero attached hydrogens (tertiary/aromatic N) is 1. The van der Waals surface area contributed by atoms with Crippen molar-refractivity contribution in [2.75, 3.05) is 13.1 Å². The van der Waals surface area contributed by atoms with Crippen LogP contribution in [0.4, 0.5) is 0 Å². The number of hydrogen-bond donors (Lipinski definition) is 1. The molecular weight excluding hydrogens is 358 g/mol. The molecule has 6 heteroatoms. The molecule has 2 atom stereocenters. The van der Waals surface area contributed by atoms with Gasteiger partial charge in [0.25, 0.3) is 5.91 Å². The van der Waals surface area contributed by atoms with Gasteiger partial charge in [-0.2, -0.15) is 0 Å². The number of carbonyl (C=O) groups is 1. The van der Waals surface area contributed by atoms with Crippen molar-refractivity contribution in [2.45, 2.75) is 44.3 Å². The first-order valence-electron chi connectivity index (χ1n) is 9.86. The minimum absolute atomic E-state index is 0.0123. The third-order valence-corrected chi connectivity index (χ3v) is 5.96. The van der Waals surface area contributed by atoms with E-state index in [2.05, 4.69) is 0 Å². The Kier molecular flexibility index (Phi) is 5.22. The minimum Gasteiger partial charge on any atom is -0.482 e. The Morgan fingerprint density at radius 1 is 1.25 bits per heavy atom.